The van der Waals surface area contributed by atoms with Crippen molar-refractivity contribution in [2.75, 3.05) is 32.8 Å². The van der Waals surface area contributed by atoms with Gasteiger partial charge >= 0.3 is 11.9 Å². The highest BCUT2D eigenvalue weighted by molar-refractivity contribution is 5.79. The molecule has 1 saturated carbocycles. The molecular weight excluding hydrogens is 422 g/mol. The molecule has 3 aliphatic rings. The lowest BCUT2D eigenvalue weighted by molar-refractivity contribution is -0.276. The summed E-state index contributed by atoms with van der Waals surface area (Å²) >= 11 is 0. The quantitative estimate of drug-likeness (QED) is 0.538. The molecule has 184 valence electrons. The van der Waals surface area contributed by atoms with E-state index in [-0.39, 0.29) is 31.0 Å². The van der Waals surface area contributed by atoms with Crippen LogP contribution in [-0.4, -0.2) is 78.0 Å². The summed E-state index contributed by atoms with van der Waals surface area (Å²) < 4.78 is 46.0. The van der Waals surface area contributed by atoms with Crippen LogP contribution in [0.15, 0.2) is 0 Å². The lowest BCUT2D eigenvalue weighted by Crippen LogP contribution is -2.68. The van der Waals surface area contributed by atoms with Crippen LogP contribution >= 0.6 is 0 Å². The van der Waals surface area contributed by atoms with E-state index in [9.17, 15) is 18.4 Å². The third kappa shape index (κ3) is 5.78. The van der Waals surface area contributed by atoms with Crippen LogP contribution in [0.5, 0.6) is 0 Å². The first-order valence-corrected chi connectivity index (χ1v) is 11.9. The topological polar surface area (TPSA) is 68.3 Å². The number of nitrogens with zero attached hydrogens (tertiary/aromatic N) is 2. The van der Waals surface area contributed by atoms with E-state index in [2.05, 4.69) is 0 Å². The molecule has 2 heterocycles. The van der Waals surface area contributed by atoms with Crippen molar-refractivity contribution < 1.29 is 32.6 Å². The van der Waals surface area contributed by atoms with E-state index in [1.165, 1.54) is 4.90 Å². The monoisotopic (exact) mass is 460 g/mol. The van der Waals surface area contributed by atoms with Gasteiger partial charge < -0.3 is 14.2 Å². The molecule has 2 aliphatic heterocycles. The van der Waals surface area contributed by atoms with Crippen molar-refractivity contribution in [3.8, 4) is 0 Å². The van der Waals surface area contributed by atoms with Crippen LogP contribution in [0.4, 0.5) is 8.78 Å². The highest BCUT2D eigenvalue weighted by Gasteiger charge is 2.59. The number of likely N-dealkylation sites (tertiary alicyclic amines) is 2. The summed E-state index contributed by atoms with van der Waals surface area (Å²) in [5, 5.41) is 0. The van der Waals surface area contributed by atoms with E-state index >= 15 is 0 Å². The van der Waals surface area contributed by atoms with E-state index in [0.717, 1.165) is 12.8 Å². The van der Waals surface area contributed by atoms with Gasteiger partial charge in [-0.1, -0.05) is 0 Å². The molecule has 3 fully saturated rings. The van der Waals surface area contributed by atoms with Crippen molar-refractivity contribution in [3.63, 3.8) is 0 Å². The van der Waals surface area contributed by atoms with E-state index in [4.69, 9.17) is 14.2 Å². The number of carbonyl (C=O) groups is 2. The number of halogens is 2. The van der Waals surface area contributed by atoms with Crippen LogP contribution in [0, 0.1) is 5.92 Å². The van der Waals surface area contributed by atoms with Gasteiger partial charge in [-0.05, 0) is 66.2 Å². The average molecular weight is 461 g/mol. The molecule has 1 aliphatic carbocycles. The lowest BCUT2D eigenvalue weighted by atomic mass is 9.87. The Kier molecular flexibility index (Phi) is 7.82. The third-order valence-corrected chi connectivity index (χ3v) is 6.42. The Bertz CT molecular complexity index is 670. The molecule has 0 aromatic carbocycles. The molecule has 0 aromatic heterocycles. The van der Waals surface area contributed by atoms with Crippen LogP contribution in [0.3, 0.4) is 0 Å². The summed E-state index contributed by atoms with van der Waals surface area (Å²) in [4.78, 5) is 29.1. The predicted molar refractivity (Wildman–Crippen MR) is 114 cm³/mol. The molecule has 1 unspecified atom stereocenters. The van der Waals surface area contributed by atoms with Crippen molar-refractivity contribution >= 4 is 11.9 Å². The van der Waals surface area contributed by atoms with Gasteiger partial charge in [-0.2, -0.15) is 0 Å². The van der Waals surface area contributed by atoms with Gasteiger partial charge in [0.25, 0.3) is 11.8 Å². The van der Waals surface area contributed by atoms with Crippen molar-refractivity contribution in [1.82, 2.24) is 9.80 Å². The normalized spacial score (nSPS) is 28.9. The third-order valence-electron chi connectivity index (χ3n) is 6.42. The molecule has 0 radical (unpaired) electrons. The summed E-state index contributed by atoms with van der Waals surface area (Å²) in [5.74, 6) is -5.57. The summed E-state index contributed by atoms with van der Waals surface area (Å²) in [5.41, 5.74) is -0.783. The van der Waals surface area contributed by atoms with E-state index in [1.807, 2.05) is 4.90 Å². The number of hydrogen-bond donors (Lipinski definition) is 0. The molecule has 32 heavy (non-hydrogen) atoms. The Morgan fingerprint density at radius 3 is 2.12 bits per heavy atom. The standard InChI is InChI=1S/C23H38F2N2O5/c1-5-30-19(28)17-8-10-18(11-9-17)31-23(26-13-6-7-14-26,20(29)32-21(2,3)4)27-15-12-22(24,25)16-27/h17-18H,5-16H2,1-4H3/t17-,18-,23?. The molecule has 0 aromatic rings. The fourth-order valence-corrected chi connectivity index (χ4v) is 4.92. The van der Waals surface area contributed by atoms with Gasteiger partial charge in [0.1, 0.15) is 5.60 Å². The highest BCUT2D eigenvalue weighted by atomic mass is 19.3. The summed E-state index contributed by atoms with van der Waals surface area (Å²) in [6, 6.07) is 0. The molecule has 7 nitrogen and oxygen atoms in total. The van der Waals surface area contributed by atoms with Gasteiger partial charge in [-0.3, -0.25) is 9.69 Å². The summed E-state index contributed by atoms with van der Waals surface area (Å²) in [6.45, 7) is 8.11. The minimum Gasteiger partial charge on any atom is -0.466 e. The second kappa shape index (κ2) is 9.89. The van der Waals surface area contributed by atoms with Gasteiger partial charge in [0.05, 0.1) is 25.2 Å². The van der Waals surface area contributed by atoms with Crippen molar-refractivity contribution in [1.29, 1.82) is 0 Å². The second-order valence-electron chi connectivity index (χ2n) is 10.2. The highest BCUT2D eigenvalue weighted by Crippen LogP contribution is 2.40. The minimum atomic E-state index is -2.88. The van der Waals surface area contributed by atoms with Crippen molar-refractivity contribution in [2.24, 2.45) is 5.92 Å². The molecule has 0 amide bonds. The Morgan fingerprint density at radius 1 is 1.00 bits per heavy atom. The Balaban J connectivity index is 1.85. The first kappa shape index (κ1) is 25.3. The maximum absolute atomic E-state index is 14.3. The zero-order valence-electron chi connectivity index (χ0n) is 19.8. The first-order chi connectivity index (χ1) is 15.0. The molecule has 2 saturated heterocycles. The van der Waals surface area contributed by atoms with Crippen LogP contribution in [-0.2, 0) is 23.8 Å². The number of alkyl halides is 2. The van der Waals surface area contributed by atoms with Crippen LogP contribution in [0.25, 0.3) is 0 Å². The van der Waals surface area contributed by atoms with Gasteiger partial charge in [0, 0.05) is 26.1 Å². The SMILES string of the molecule is CCOC(=O)[C@H]1CC[C@H](OC(C(=O)OC(C)(C)C)(N2CCCC2)N2CCC(F)(F)C2)CC1. The van der Waals surface area contributed by atoms with Crippen LogP contribution < -0.4 is 0 Å². The van der Waals surface area contributed by atoms with Crippen molar-refractivity contribution in [3.05, 3.63) is 0 Å². The van der Waals surface area contributed by atoms with E-state index in [1.54, 1.807) is 27.7 Å². The number of rotatable bonds is 7. The molecule has 0 bridgehead atoms. The average Bonchev–Trinajstić information content (AvgIpc) is 3.35. The zero-order valence-corrected chi connectivity index (χ0v) is 19.8. The van der Waals surface area contributed by atoms with Gasteiger partial charge in [-0.15, -0.1) is 0 Å². The maximum atomic E-state index is 14.3. The first-order valence-electron chi connectivity index (χ1n) is 11.9. The number of esters is 2. The molecular formula is C23H38F2N2O5. The van der Waals surface area contributed by atoms with Crippen LogP contribution in [0.1, 0.15) is 72.6 Å². The minimum absolute atomic E-state index is 0.0565. The largest absolute Gasteiger partial charge is 0.466 e. The Morgan fingerprint density at radius 2 is 1.62 bits per heavy atom. The Hall–Kier alpha value is -1.32. The van der Waals surface area contributed by atoms with Gasteiger partial charge in [-0.25, -0.2) is 18.5 Å². The molecule has 0 spiro atoms. The van der Waals surface area contributed by atoms with E-state index in [0.29, 0.717) is 45.4 Å². The molecule has 0 N–H and O–H groups in total. The second-order valence-corrected chi connectivity index (χ2v) is 10.2. The molecule has 3 rings (SSSR count). The Labute approximate surface area is 189 Å². The molecule has 9 heteroatoms. The van der Waals surface area contributed by atoms with Gasteiger partial charge in [0.15, 0.2) is 0 Å². The van der Waals surface area contributed by atoms with Crippen LogP contribution in [0.2, 0.25) is 0 Å². The van der Waals surface area contributed by atoms with E-state index < -0.39 is 29.9 Å². The number of ether oxygens (including phenoxy) is 3. The summed E-state index contributed by atoms with van der Waals surface area (Å²) in [6.07, 6.45) is 3.39. The smallest absolute Gasteiger partial charge is 0.371 e. The fourth-order valence-electron chi connectivity index (χ4n) is 4.92. The molecule has 1 atom stereocenters. The zero-order chi connectivity index (χ0) is 23.6. The fraction of sp³-hybridized carbons (Fsp3) is 0.913. The number of hydrogen-bond acceptors (Lipinski definition) is 7. The summed E-state index contributed by atoms with van der Waals surface area (Å²) in [7, 11) is 0. The van der Waals surface area contributed by atoms with Gasteiger partial charge in [0.2, 0.25) is 0 Å². The maximum Gasteiger partial charge on any atom is 0.371 e. The van der Waals surface area contributed by atoms with Crippen molar-refractivity contribution in [2.45, 2.75) is 96.1 Å². The predicted octanol–water partition coefficient (Wildman–Crippen LogP) is 3.56. The number of carbonyl (C=O) groups excluding carboxylic acids is 2. The lowest BCUT2D eigenvalue weighted by Gasteiger charge is -2.48.